The Hall–Kier alpha value is -3.54. The highest BCUT2D eigenvalue weighted by molar-refractivity contribution is 5.79. The normalized spacial score (nSPS) is 11.8. The average Bonchev–Trinajstić information content (AvgIpc) is 2.79. The Morgan fingerprint density at radius 1 is 0.585 bits per heavy atom. The number of hydrogen-bond acceptors (Lipinski definition) is 4. The van der Waals surface area contributed by atoms with Crippen LogP contribution in [0.15, 0.2) is 49.6 Å². The zero-order valence-corrected chi connectivity index (χ0v) is 27.2. The molecule has 6 nitrogen and oxygen atoms in total. The van der Waals surface area contributed by atoms with Gasteiger partial charge in [-0.2, -0.15) is 0 Å². The molecule has 4 N–H and O–H groups in total. The van der Waals surface area contributed by atoms with E-state index < -0.39 is 11.9 Å². The lowest BCUT2D eigenvalue weighted by atomic mass is 9.76. The zero-order chi connectivity index (χ0) is 32.7. The Morgan fingerprint density at radius 3 is 1.00 bits per heavy atom. The number of phenols is 2. The van der Waals surface area contributed by atoms with Crippen LogP contribution < -0.4 is 0 Å². The quantitative estimate of drug-likeness (QED) is 0.275. The van der Waals surface area contributed by atoms with Gasteiger partial charge >= 0.3 is 11.9 Å². The zero-order valence-electron chi connectivity index (χ0n) is 27.2. The van der Waals surface area contributed by atoms with Crippen LogP contribution in [0, 0.1) is 0 Å². The summed E-state index contributed by atoms with van der Waals surface area (Å²) in [5, 5.41) is 37.7. The first-order valence-corrected chi connectivity index (χ1v) is 13.7. The smallest absolute Gasteiger partial charge is 0.327 e. The van der Waals surface area contributed by atoms with Crippen molar-refractivity contribution in [3.63, 3.8) is 0 Å². The fourth-order valence-electron chi connectivity index (χ4n) is 3.87. The number of carbonyl (C=O) groups is 2. The Labute approximate surface area is 247 Å². The van der Waals surface area contributed by atoms with E-state index >= 15 is 0 Å². The van der Waals surface area contributed by atoms with Crippen molar-refractivity contribution in [2.75, 3.05) is 0 Å². The maximum atomic E-state index is 11.2. The third-order valence-electron chi connectivity index (χ3n) is 6.46. The van der Waals surface area contributed by atoms with Gasteiger partial charge in [0.15, 0.2) is 0 Å². The lowest BCUT2D eigenvalue weighted by Crippen LogP contribution is -2.18. The van der Waals surface area contributed by atoms with Crippen molar-refractivity contribution in [3.8, 4) is 11.5 Å². The Bertz CT molecular complexity index is 1140. The monoisotopic (exact) mass is 568 g/mol. The van der Waals surface area contributed by atoms with Gasteiger partial charge in [0.2, 0.25) is 0 Å². The first-order valence-electron chi connectivity index (χ1n) is 13.7. The molecule has 0 heterocycles. The highest BCUT2D eigenvalue weighted by atomic mass is 16.4. The molecule has 0 radical (unpaired) electrons. The fourth-order valence-corrected chi connectivity index (χ4v) is 3.87. The highest BCUT2D eigenvalue weighted by Crippen LogP contribution is 2.42. The molecule has 0 saturated carbocycles. The van der Waals surface area contributed by atoms with Crippen molar-refractivity contribution in [2.45, 2.75) is 111 Å². The molecule has 2 rings (SSSR count). The number of aliphatic carboxylic acids is 2. The van der Waals surface area contributed by atoms with Gasteiger partial charge in [0.05, 0.1) is 0 Å². The third-order valence-corrected chi connectivity index (χ3v) is 6.46. The molecular formula is C35H52O6. The maximum Gasteiger partial charge on any atom is 0.327 e. The molecule has 0 unspecified atom stereocenters. The van der Waals surface area contributed by atoms with Crippen molar-refractivity contribution >= 4 is 11.9 Å². The van der Waals surface area contributed by atoms with Gasteiger partial charge in [0, 0.05) is 18.6 Å². The molecular weight excluding hydrogens is 516 g/mol. The van der Waals surface area contributed by atoms with Gasteiger partial charge in [-0.15, -0.1) is 0 Å². The summed E-state index contributed by atoms with van der Waals surface area (Å²) in [6.45, 7) is 31.9. The van der Waals surface area contributed by atoms with E-state index in [9.17, 15) is 19.8 Å². The van der Waals surface area contributed by atoms with Crippen LogP contribution in [0.1, 0.15) is 116 Å². The van der Waals surface area contributed by atoms with E-state index in [4.69, 9.17) is 10.2 Å². The lowest BCUT2D eigenvalue weighted by Gasteiger charge is -2.29. The standard InChI is InChI=1S/C29H44O2.2C3H4O2/c1-26(2,3)20-14-18(24(30)22(16-20)28(7,8)9)13-19-15-21(27(4,5)6)17-23(25(19)31)29(10,11)12;2*1-2-3(4)5/h14-17,30-31H,13H2,1-12H3;2*2H,1H2,(H,4,5). The van der Waals surface area contributed by atoms with Crippen molar-refractivity contribution in [2.24, 2.45) is 0 Å². The number of carboxylic acids is 2. The van der Waals surface area contributed by atoms with Crippen LogP contribution in [0.2, 0.25) is 0 Å². The average molecular weight is 569 g/mol. The number of carboxylic acid groups (broad SMARTS) is 2. The van der Waals surface area contributed by atoms with Crippen molar-refractivity contribution in [1.82, 2.24) is 0 Å². The number of aromatic hydroxyl groups is 2. The molecule has 0 aliphatic heterocycles. The molecule has 0 fully saturated rings. The lowest BCUT2D eigenvalue weighted by molar-refractivity contribution is -0.132. The van der Waals surface area contributed by atoms with Crippen LogP contribution in [-0.2, 0) is 37.7 Å². The van der Waals surface area contributed by atoms with Crippen molar-refractivity contribution < 1.29 is 30.0 Å². The maximum absolute atomic E-state index is 11.2. The summed E-state index contributed by atoms with van der Waals surface area (Å²) in [5.74, 6) is -1.27. The van der Waals surface area contributed by atoms with E-state index in [2.05, 4.69) is 121 Å². The minimum Gasteiger partial charge on any atom is -0.507 e. The predicted octanol–water partition coefficient (Wildman–Crippen LogP) is 8.39. The SMILES string of the molecule is C=CC(=O)O.C=CC(=O)O.CC(C)(C)c1cc(Cc2cc(C(C)(C)C)cc(C(C)(C)C)c2O)c(O)c(C(C)(C)C)c1. The molecule has 0 atom stereocenters. The van der Waals surface area contributed by atoms with E-state index in [1.807, 2.05) is 0 Å². The topological polar surface area (TPSA) is 115 Å². The van der Waals surface area contributed by atoms with Crippen LogP contribution in [0.25, 0.3) is 0 Å². The van der Waals surface area contributed by atoms with Gasteiger partial charge in [-0.25, -0.2) is 9.59 Å². The second-order valence-corrected chi connectivity index (χ2v) is 14.3. The van der Waals surface area contributed by atoms with Crippen LogP contribution in [-0.4, -0.2) is 32.4 Å². The molecule has 0 saturated heterocycles. The van der Waals surface area contributed by atoms with Gasteiger partial charge in [0.1, 0.15) is 11.5 Å². The summed E-state index contributed by atoms with van der Waals surface area (Å²) < 4.78 is 0. The molecule has 0 aliphatic rings. The molecule has 228 valence electrons. The summed E-state index contributed by atoms with van der Waals surface area (Å²) in [6.07, 6.45) is 2.16. The Balaban J connectivity index is 0.00000137. The van der Waals surface area contributed by atoms with Crippen LogP contribution in [0.5, 0.6) is 11.5 Å². The molecule has 6 heteroatoms. The number of phenolic OH excluding ortho intramolecular Hbond substituents is 2. The van der Waals surface area contributed by atoms with E-state index in [1.165, 1.54) is 11.1 Å². The van der Waals surface area contributed by atoms with E-state index in [0.717, 1.165) is 34.4 Å². The summed E-state index contributed by atoms with van der Waals surface area (Å²) in [4.78, 5) is 18.5. The number of hydrogen-bond donors (Lipinski definition) is 4. The van der Waals surface area contributed by atoms with Gasteiger partial charge in [-0.1, -0.05) is 121 Å². The Kier molecular flexibility index (Phi) is 12.7. The molecule has 0 spiro atoms. The third kappa shape index (κ3) is 11.8. The fraction of sp³-hybridized carbons (Fsp3) is 0.486. The van der Waals surface area contributed by atoms with Crippen LogP contribution >= 0.6 is 0 Å². The molecule has 2 aromatic rings. The summed E-state index contributed by atoms with van der Waals surface area (Å²) >= 11 is 0. The molecule has 0 aliphatic carbocycles. The number of rotatable bonds is 4. The minimum atomic E-state index is -0.981. The molecule has 2 aromatic carbocycles. The second kappa shape index (κ2) is 13.9. The summed E-state index contributed by atoms with van der Waals surface area (Å²) in [5.41, 5.74) is 5.65. The molecule has 41 heavy (non-hydrogen) atoms. The largest absolute Gasteiger partial charge is 0.507 e. The summed E-state index contributed by atoms with van der Waals surface area (Å²) in [6, 6.07) is 8.52. The van der Waals surface area contributed by atoms with Gasteiger partial charge in [-0.05, 0) is 55.0 Å². The van der Waals surface area contributed by atoms with E-state index in [0.29, 0.717) is 17.9 Å². The minimum absolute atomic E-state index is 0.0334. The van der Waals surface area contributed by atoms with Crippen molar-refractivity contribution in [3.05, 3.63) is 83.0 Å². The first-order chi connectivity index (χ1) is 18.3. The van der Waals surface area contributed by atoms with Gasteiger partial charge in [0.25, 0.3) is 0 Å². The summed E-state index contributed by atoms with van der Waals surface area (Å²) in [7, 11) is 0. The van der Waals surface area contributed by atoms with Gasteiger partial charge < -0.3 is 20.4 Å². The van der Waals surface area contributed by atoms with Crippen molar-refractivity contribution in [1.29, 1.82) is 0 Å². The number of benzene rings is 2. The van der Waals surface area contributed by atoms with Crippen LogP contribution in [0.3, 0.4) is 0 Å². The highest BCUT2D eigenvalue weighted by Gasteiger charge is 2.28. The second-order valence-electron chi connectivity index (χ2n) is 14.3. The van der Waals surface area contributed by atoms with E-state index in [-0.39, 0.29) is 21.7 Å². The first kappa shape index (κ1) is 37.5. The predicted molar refractivity (Wildman–Crippen MR) is 169 cm³/mol. The Morgan fingerprint density at radius 2 is 0.829 bits per heavy atom. The van der Waals surface area contributed by atoms with Gasteiger partial charge in [-0.3, -0.25) is 0 Å². The van der Waals surface area contributed by atoms with Crippen LogP contribution in [0.4, 0.5) is 0 Å². The molecule has 0 bridgehead atoms. The molecule has 0 amide bonds. The molecule has 0 aromatic heterocycles. The van der Waals surface area contributed by atoms with E-state index in [1.54, 1.807) is 0 Å².